The molecule has 2 N–H and O–H groups in total. The molecule has 3 aromatic rings. The third-order valence-electron chi connectivity index (χ3n) is 4.02. The van der Waals surface area contributed by atoms with E-state index in [9.17, 15) is 0 Å². The minimum atomic E-state index is 0.679. The molecule has 0 atom stereocenters. The van der Waals surface area contributed by atoms with Gasteiger partial charge < -0.3 is 10.6 Å². The van der Waals surface area contributed by atoms with Gasteiger partial charge in [-0.1, -0.05) is 18.2 Å². The first-order valence-corrected chi connectivity index (χ1v) is 9.76. The number of rotatable bonds is 6. The lowest BCUT2D eigenvalue weighted by Crippen LogP contribution is -2.37. The van der Waals surface area contributed by atoms with Crippen LogP contribution in [0.4, 0.5) is 0 Å². The summed E-state index contributed by atoms with van der Waals surface area (Å²) >= 11 is 1.70. The van der Waals surface area contributed by atoms with Crippen LogP contribution in [-0.4, -0.2) is 22.3 Å². The van der Waals surface area contributed by atoms with Crippen molar-refractivity contribution in [3.05, 3.63) is 69.7 Å². The fraction of sp³-hybridized carbons (Fsp3) is 0.300. The van der Waals surface area contributed by atoms with Gasteiger partial charge in [0.2, 0.25) is 0 Å². The number of thiophene rings is 1. The van der Waals surface area contributed by atoms with Crippen molar-refractivity contribution in [2.75, 3.05) is 6.54 Å². The molecule has 2 aromatic heterocycles. The second-order valence-corrected chi connectivity index (χ2v) is 6.93. The molecule has 6 heteroatoms. The van der Waals surface area contributed by atoms with Crippen molar-refractivity contribution in [2.45, 2.75) is 33.9 Å². The van der Waals surface area contributed by atoms with Crippen LogP contribution in [0.2, 0.25) is 0 Å². The van der Waals surface area contributed by atoms with Crippen LogP contribution in [0.25, 0.3) is 5.69 Å². The Labute approximate surface area is 158 Å². The smallest absolute Gasteiger partial charge is 0.191 e. The maximum atomic E-state index is 4.67. The number of nitrogens with one attached hydrogen (secondary N) is 2. The molecule has 0 aliphatic rings. The Morgan fingerprint density at radius 3 is 2.73 bits per heavy atom. The van der Waals surface area contributed by atoms with Crippen molar-refractivity contribution in [3.8, 4) is 5.69 Å². The first-order chi connectivity index (χ1) is 12.7. The zero-order valence-electron chi connectivity index (χ0n) is 15.5. The van der Waals surface area contributed by atoms with Gasteiger partial charge in [-0.05, 0) is 60.9 Å². The monoisotopic (exact) mass is 367 g/mol. The number of aryl methyl sites for hydroxylation is 2. The summed E-state index contributed by atoms with van der Waals surface area (Å²) in [4.78, 5) is 4.67. The van der Waals surface area contributed by atoms with Crippen molar-refractivity contribution >= 4 is 17.3 Å². The average Bonchev–Trinajstić information content (AvgIpc) is 3.27. The highest BCUT2D eigenvalue weighted by Crippen LogP contribution is 2.17. The van der Waals surface area contributed by atoms with Gasteiger partial charge in [0.1, 0.15) is 0 Å². The summed E-state index contributed by atoms with van der Waals surface area (Å²) in [6.45, 7) is 8.36. The fourth-order valence-electron chi connectivity index (χ4n) is 2.81. The largest absolute Gasteiger partial charge is 0.357 e. The van der Waals surface area contributed by atoms with E-state index in [0.29, 0.717) is 13.1 Å². The molecule has 0 fully saturated rings. The lowest BCUT2D eigenvalue weighted by atomic mass is 10.1. The predicted octanol–water partition coefficient (Wildman–Crippen LogP) is 3.81. The topological polar surface area (TPSA) is 54.2 Å². The van der Waals surface area contributed by atoms with Crippen molar-refractivity contribution in [1.82, 2.24) is 20.4 Å². The molecular formula is C20H25N5S. The molecular weight excluding hydrogens is 342 g/mol. The summed E-state index contributed by atoms with van der Waals surface area (Å²) in [6, 6.07) is 12.5. The Kier molecular flexibility index (Phi) is 6.07. The molecule has 0 aliphatic carbocycles. The molecule has 0 aliphatic heterocycles. The number of para-hydroxylation sites is 1. The van der Waals surface area contributed by atoms with E-state index in [2.05, 4.69) is 75.7 Å². The van der Waals surface area contributed by atoms with Gasteiger partial charge in [-0.15, -0.1) is 0 Å². The van der Waals surface area contributed by atoms with E-state index in [1.54, 1.807) is 11.3 Å². The van der Waals surface area contributed by atoms with E-state index in [1.165, 1.54) is 11.1 Å². The minimum absolute atomic E-state index is 0.679. The van der Waals surface area contributed by atoms with Crippen LogP contribution in [0.5, 0.6) is 0 Å². The van der Waals surface area contributed by atoms with Crippen LogP contribution in [0.1, 0.15) is 29.4 Å². The maximum Gasteiger partial charge on any atom is 0.191 e. The normalized spacial score (nSPS) is 11.6. The molecule has 0 unspecified atom stereocenters. The predicted molar refractivity (Wildman–Crippen MR) is 109 cm³/mol. The molecule has 5 nitrogen and oxygen atoms in total. The zero-order valence-corrected chi connectivity index (χ0v) is 16.3. The van der Waals surface area contributed by atoms with Gasteiger partial charge in [0, 0.05) is 18.8 Å². The summed E-state index contributed by atoms with van der Waals surface area (Å²) in [5, 5.41) is 15.6. The molecule has 0 spiro atoms. The molecule has 136 valence electrons. The maximum absolute atomic E-state index is 4.67. The van der Waals surface area contributed by atoms with Gasteiger partial charge >= 0.3 is 0 Å². The van der Waals surface area contributed by atoms with Crippen LogP contribution in [-0.2, 0) is 13.1 Å². The molecule has 1 aromatic carbocycles. The molecule has 0 saturated heterocycles. The number of hydrogen-bond acceptors (Lipinski definition) is 3. The highest BCUT2D eigenvalue weighted by Gasteiger charge is 2.09. The summed E-state index contributed by atoms with van der Waals surface area (Å²) in [5.41, 5.74) is 5.67. The molecule has 3 rings (SSSR count). The van der Waals surface area contributed by atoms with Crippen LogP contribution in [0, 0.1) is 13.8 Å². The highest BCUT2D eigenvalue weighted by atomic mass is 32.1. The van der Waals surface area contributed by atoms with E-state index in [1.807, 2.05) is 17.7 Å². The van der Waals surface area contributed by atoms with Crippen molar-refractivity contribution in [2.24, 2.45) is 4.99 Å². The number of hydrogen-bond donors (Lipinski definition) is 2. The Balaban J connectivity index is 1.75. The standard InChI is InChI=1S/C20H25N5S/c1-4-21-20(22-12-17-9-10-26-14-17)23-13-18-7-5-6-8-19(18)25-16(3)11-15(2)24-25/h5-11,14H,4,12-13H2,1-3H3,(H2,21,22,23). The third kappa shape index (κ3) is 4.52. The van der Waals surface area contributed by atoms with Crippen molar-refractivity contribution < 1.29 is 0 Å². The van der Waals surface area contributed by atoms with E-state index in [-0.39, 0.29) is 0 Å². The molecule has 0 bridgehead atoms. The Morgan fingerprint density at radius 2 is 2.04 bits per heavy atom. The SMILES string of the molecule is CCNC(=NCc1ccsc1)NCc1ccccc1-n1nc(C)cc1C. The van der Waals surface area contributed by atoms with Gasteiger partial charge in [0.05, 0.1) is 17.9 Å². The first-order valence-electron chi connectivity index (χ1n) is 8.82. The van der Waals surface area contributed by atoms with Crippen LogP contribution in [0.3, 0.4) is 0 Å². The first kappa shape index (κ1) is 18.2. The van der Waals surface area contributed by atoms with Crippen LogP contribution in [0.15, 0.2) is 52.2 Å². The summed E-state index contributed by atoms with van der Waals surface area (Å²) in [6.07, 6.45) is 0. The lowest BCUT2D eigenvalue weighted by molar-refractivity contribution is 0.784. The molecule has 26 heavy (non-hydrogen) atoms. The fourth-order valence-corrected chi connectivity index (χ4v) is 3.47. The van der Waals surface area contributed by atoms with Gasteiger partial charge in [0.25, 0.3) is 0 Å². The molecule has 0 amide bonds. The van der Waals surface area contributed by atoms with Gasteiger partial charge in [-0.3, -0.25) is 0 Å². The van der Waals surface area contributed by atoms with E-state index < -0.39 is 0 Å². The van der Waals surface area contributed by atoms with Crippen molar-refractivity contribution in [3.63, 3.8) is 0 Å². The number of aromatic nitrogens is 2. The zero-order chi connectivity index (χ0) is 18.4. The number of aliphatic imine (C=N–C) groups is 1. The average molecular weight is 368 g/mol. The number of nitrogens with zero attached hydrogens (tertiary/aromatic N) is 3. The van der Waals surface area contributed by atoms with Gasteiger partial charge in [-0.25, -0.2) is 9.67 Å². The van der Waals surface area contributed by atoms with Crippen LogP contribution < -0.4 is 10.6 Å². The van der Waals surface area contributed by atoms with Gasteiger partial charge in [0.15, 0.2) is 5.96 Å². The Bertz CT molecular complexity index is 864. The Hall–Kier alpha value is -2.60. The van der Waals surface area contributed by atoms with E-state index >= 15 is 0 Å². The minimum Gasteiger partial charge on any atom is -0.357 e. The van der Waals surface area contributed by atoms with E-state index in [0.717, 1.165) is 29.6 Å². The van der Waals surface area contributed by atoms with Gasteiger partial charge in [-0.2, -0.15) is 16.4 Å². The quantitative estimate of drug-likeness (QED) is 0.515. The number of benzene rings is 1. The second-order valence-electron chi connectivity index (χ2n) is 6.15. The molecule has 0 saturated carbocycles. The second kappa shape index (κ2) is 8.67. The Morgan fingerprint density at radius 1 is 1.19 bits per heavy atom. The lowest BCUT2D eigenvalue weighted by Gasteiger charge is -2.15. The van der Waals surface area contributed by atoms with Crippen LogP contribution >= 0.6 is 11.3 Å². The third-order valence-corrected chi connectivity index (χ3v) is 4.75. The number of guanidine groups is 1. The summed E-state index contributed by atoms with van der Waals surface area (Å²) < 4.78 is 2.00. The molecule has 2 heterocycles. The van der Waals surface area contributed by atoms with E-state index in [4.69, 9.17) is 0 Å². The highest BCUT2D eigenvalue weighted by molar-refractivity contribution is 7.07. The van der Waals surface area contributed by atoms with Crippen molar-refractivity contribution in [1.29, 1.82) is 0 Å². The summed E-state index contributed by atoms with van der Waals surface area (Å²) in [5.74, 6) is 0.821. The summed E-state index contributed by atoms with van der Waals surface area (Å²) in [7, 11) is 0. The molecule has 0 radical (unpaired) electrons.